The van der Waals surface area contributed by atoms with Crippen LogP contribution in [0.4, 0.5) is 17.6 Å². The van der Waals surface area contributed by atoms with E-state index in [0.29, 0.717) is 0 Å². The van der Waals surface area contributed by atoms with Crippen molar-refractivity contribution in [2.45, 2.75) is 34.0 Å². The predicted octanol–water partition coefficient (Wildman–Crippen LogP) is 4.28. The molecule has 2 atom stereocenters. The van der Waals surface area contributed by atoms with Gasteiger partial charge in [-0.05, 0) is 18.3 Å². The number of hydrogen-bond donors (Lipinski definition) is 0. The molecule has 2 rings (SSSR count). The summed E-state index contributed by atoms with van der Waals surface area (Å²) in [7, 11) is 1.14. The van der Waals surface area contributed by atoms with Crippen molar-refractivity contribution in [1.29, 1.82) is 0 Å². The van der Waals surface area contributed by atoms with Gasteiger partial charge in [0.15, 0.2) is 23.3 Å². The minimum atomic E-state index is -1.58. The van der Waals surface area contributed by atoms with E-state index in [1.165, 1.54) is 0 Å². The Hall–Kier alpha value is -1.89. The fourth-order valence-electron chi connectivity index (χ4n) is 3.05. The van der Waals surface area contributed by atoms with Gasteiger partial charge in [0.25, 0.3) is 0 Å². The number of esters is 1. The van der Waals surface area contributed by atoms with Gasteiger partial charge in [0, 0.05) is 7.11 Å². The quantitative estimate of drug-likeness (QED) is 0.329. The maximum atomic E-state index is 14.0. The minimum Gasteiger partial charge on any atom is -0.460 e. The van der Waals surface area contributed by atoms with Gasteiger partial charge in [-0.15, -0.1) is 0 Å². The van der Waals surface area contributed by atoms with Crippen LogP contribution in [0.15, 0.2) is 12.2 Å². The first kappa shape index (κ1) is 19.4. The molecule has 1 fully saturated rings. The number of hydrogen-bond acceptors (Lipinski definition) is 3. The van der Waals surface area contributed by atoms with Crippen LogP contribution in [0.5, 0.6) is 0 Å². The topological polar surface area (TPSA) is 35.5 Å². The third-order valence-electron chi connectivity index (χ3n) is 4.66. The predicted molar refractivity (Wildman–Crippen MR) is 82.4 cm³/mol. The molecular weight excluding hydrogens is 340 g/mol. The molecule has 1 aromatic carbocycles. The molecule has 138 valence electrons. The molecule has 0 aliphatic heterocycles. The fourth-order valence-corrected chi connectivity index (χ4v) is 3.05. The maximum Gasteiger partial charge on any atom is 0.310 e. The lowest BCUT2D eigenvalue weighted by Crippen LogP contribution is -2.15. The zero-order valence-electron chi connectivity index (χ0n) is 14.5. The van der Waals surface area contributed by atoms with Crippen LogP contribution in [-0.2, 0) is 27.5 Å². The van der Waals surface area contributed by atoms with Gasteiger partial charge in [-0.3, -0.25) is 4.79 Å². The van der Waals surface area contributed by atoms with Crippen molar-refractivity contribution in [3.63, 3.8) is 0 Å². The van der Waals surface area contributed by atoms with E-state index in [4.69, 9.17) is 4.74 Å². The second-order valence-electron chi connectivity index (χ2n) is 6.60. The van der Waals surface area contributed by atoms with Crippen LogP contribution in [0, 0.1) is 40.5 Å². The first-order valence-electron chi connectivity index (χ1n) is 7.80. The van der Waals surface area contributed by atoms with Gasteiger partial charge in [0.2, 0.25) is 0 Å². The Morgan fingerprint density at radius 3 is 1.96 bits per heavy atom. The van der Waals surface area contributed by atoms with E-state index in [0.717, 1.165) is 7.11 Å². The number of carbonyl (C=O) groups is 1. The highest BCUT2D eigenvalue weighted by molar-refractivity contribution is 5.78. The number of benzene rings is 1. The Kier molecular flexibility index (Phi) is 5.56. The van der Waals surface area contributed by atoms with E-state index in [9.17, 15) is 22.4 Å². The molecule has 0 unspecified atom stereocenters. The summed E-state index contributed by atoms with van der Waals surface area (Å²) in [6.07, 6.45) is 3.66. The summed E-state index contributed by atoms with van der Waals surface area (Å²) < 4.78 is 65.2. The summed E-state index contributed by atoms with van der Waals surface area (Å²) in [6, 6.07) is 0. The van der Waals surface area contributed by atoms with Crippen molar-refractivity contribution in [2.75, 3.05) is 7.11 Å². The number of carbonyl (C=O) groups excluding carboxylic acids is 1. The molecule has 0 heterocycles. The van der Waals surface area contributed by atoms with E-state index in [2.05, 4.69) is 4.74 Å². The van der Waals surface area contributed by atoms with Gasteiger partial charge in [-0.1, -0.05) is 26.0 Å². The summed E-state index contributed by atoms with van der Waals surface area (Å²) in [4.78, 5) is 12.1. The molecule has 0 radical (unpaired) electrons. The Morgan fingerprint density at radius 2 is 1.52 bits per heavy atom. The molecule has 0 N–H and O–H groups in total. The molecule has 1 aromatic rings. The molecule has 25 heavy (non-hydrogen) atoms. The molecular formula is C18H20F4O3. The average Bonchev–Trinajstić information content (AvgIpc) is 3.10. The van der Waals surface area contributed by atoms with Crippen LogP contribution < -0.4 is 0 Å². The highest BCUT2D eigenvalue weighted by Crippen LogP contribution is 2.59. The lowest BCUT2D eigenvalue weighted by molar-refractivity contribution is -0.147. The van der Waals surface area contributed by atoms with Crippen LogP contribution in [0.1, 0.15) is 31.9 Å². The van der Waals surface area contributed by atoms with Crippen LogP contribution in [0.3, 0.4) is 0 Å². The smallest absolute Gasteiger partial charge is 0.310 e. The first-order valence-corrected chi connectivity index (χ1v) is 7.80. The standard InChI is InChI=1S/C18H20F4O3/c1-5-6-11-12(18(11,2)3)17(23)25-8-10-15(21)13(19)9(7-24-4)14(20)16(10)22/h5-6,11-12H,7-8H2,1-4H3/b6-5+/t11-,12-/m1/s1. The molecule has 0 aromatic heterocycles. The van der Waals surface area contributed by atoms with Crippen LogP contribution >= 0.6 is 0 Å². The number of rotatable bonds is 6. The average molecular weight is 360 g/mol. The summed E-state index contributed by atoms with van der Waals surface area (Å²) >= 11 is 0. The molecule has 0 bridgehead atoms. The highest BCUT2D eigenvalue weighted by atomic mass is 19.2. The fraction of sp³-hybridized carbons (Fsp3) is 0.500. The molecule has 3 nitrogen and oxygen atoms in total. The minimum absolute atomic E-state index is 0.0442. The lowest BCUT2D eigenvalue weighted by atomic mass is 10.1. The van der Waals surface area contributed by atoms with E-state index in [1.807, 2.05) is 26.8 Å². The van der Waals surface area contributed by atoms with Crippen LogP contribution in [0.25, 0.3) is 0 Å². The second kappa shape index (κ2) is 7.15. The Labute approximate surface area is 143 Å². The van der Waals surface area contributed by atoms with Crippen molar-refractivity contribution in [1.82, 2.24) is 0 Å². The first-order chi connectivity index (χ1) is 11.7. The Balaban J connectivity index is 2.18. The summed E-state index contributed by atoms with van der Waals surface area (Å²) in [5.74, 6) is -7.43. The van der Waals surface area contributed by atoms with Crippen molar-refractivity contribution in [3.8, 4) is 0 Å². The van der Waals surface area contributed by atoms with Crippen LogP contribution in [0.2, 0.25) is 0 Å². The van der Waals surface area contributed by atoms with Gasteiger partial charge < -0.3 is 9.47 Å². The molecule has 1 saturated carbocycles. The second-order valence-corrected chi connectivity index (χ2v) is 6.60. The van der Waals surface area contributed by atoms with Gasteiger partial charge in [-0.25, -0.2) is 17.6 Å². The van der Waals surface area contributed by atoms with Crippen LogP contribution in [-0.4, -0.2) is 13.1 Å². The highest BCUT2D eigenvalue weighted by Gasteiger charge is 2.61. The normalized spacial score (nSPS) is 21.6. The van der Waals surface area contributed by atoms with Crippen molar-refractivity contribution in [2.24, 2.45) is 17.3 Å². The maximum absolute atomic E-state index is 14.0. The third kappa shape index (κ3) is 3.42. The van der Waals surface area contributed by atoms with Crippen molar-refractivity contribution in [3.05, 3.63) is 46.5 Å². The van der Waals surface area contributed by atoms with E-state index >= 15 is 0 Å². The van der Waals surface area contributed by atoms with E-state index in [1.54, 1.807) is 6.08 Å². The molecule has 0 amide bonds. The Morgan fingerprint density at radius 1 is 1.04 bits per heavy atom. The van der Waals surface area contributed by atoms with Gasteiger partial charge in [0.1, 0.15) is 6.61 Å². The SMILES string of the molecule is C/C=C/[C@@H]1[C@H](C(=O)OCc2c(F)c(F)c(COC)c(F)c2F)C1(C)C. The van der Waals surface area contributed by atoms with E-state index in [-0.39, 0.29) is 11.3 Å². The monoisotopic (exact) mass is 360 g/mol. The lowest BCUT2D eigenvalue weighted by Gasteiger charge is -2.12. The van der Waals surface area contributed by atoms with E-state index < -0.39 is 59.5 Å². The summed E-state index contributed by atoms with van der Waals surface area (Å²) in [5.41, 5.74) is -2.13. The van der Waals surface area contributed by atoms with Gasteiger partial charge in [-0.2, -0.15) is 0 Å². The zero-order valence-corrected chi connectivity index (χ0v) is 14.5. The molecule has 0 saturated heterocycles. The molecule has 1 aliphatic carbocycles. The zero-order chi connectivity index (χ0) is 18.9. The summed E-state index contributed by atoms with van der Waals surface area (Å²) in [6.45, 7) is 4.04. The summed E-state index contributed by atoms with van der Waals surface area (Å²) in [5, 5.41) is 0. The molecule has 1 aliphatic rings. The third-order valence-corrected chi connectivity index (χ3v) is 4.66. The van der Waals surface area contributed by atoms with Gasteiger partial charge >= 0.3 is 5.97 Å². The number of ether oxygens (including phenoxy) is 2. The Bertz CT molecular complexity index is 684. The molecule has 0 spiro atoms. The van der Waals surface area contributed by atoms with Crippen molar-refractivity contribution >= 4 is 5.97 Å². The number of halogens is 4. The largest absolute Gasteiger partial charge is 0.460 e. The van der Waals surface area contributed by atoms with Gasteiger partial charge in [0.05, 0.1) is 23.7 Å². The number of allylic oxidation sites excluding steroid dienone is 2. The molecule has 7 heteroatoms. The van der Waals surface area contributed by atoms with Crippen molar-refractivity contribution < 1.29 is 31.8 Å². The number of methoxy groups -OCH3 is 1.